The Morgan fingerprint density at radius 3 is 2.20 bits per heavy atom. The minimum atomic E-state index is -1.13. The van der Waals surface area contributed by atoms with Crippen LogP contribution in [0.5, 0.6) is 6.01 Å². The molecule has 1 atom stereocenters. The molecule has 1 aliphatic heterocycles. The topological polar surface area (TPSA) is 172 Å². The number of methoxy groups -OCH3 is 1. The summed E-state index contributed by atoms with van der Waals surface area (Å²) in [7, 11) is 1.40. The van der Waals surface area contributed by atoms with Gasteiger partial charge in [-0.2, -0.15) is 15.0 Å². The summed E-state index contributed by atoms with van der Waals surface area (Å²) in [6.45, 7) is 7.07. The highest BCUT2D eigenvalue weighted by Gasteiger charge is 2.28. The highest BCUT2D eigenvalue weighted by atomic mass is 35.5. The maximum atomic E-state index is 12.6. The van der Waals surface area contributed by atoms with Crippen molar-refractivity contribution in [3.63, 3.8) is 0 Å². The van der Waals surface area contributed by atoms with E-state index >= 15 is 0 Å². The van der Waals surface area contributed by atoms with Crippen LogP contribution >= 0.6 is 23.2 Å². The molecule has 0 unspecified atom stereocenters. The first-order valence-corrected chi connectivity index (χ1v) is 14.3. The van der Waals surface area contributed by atoms with E-state index in [1.807, 2.05) is 25.7 Å². The first-order chi connectivity index (χ1) is 20.8. The van der Waals surface area contributed by atoms with Gasteiger partial charge in [0, 0.05) is 50.7 Å². The normalized spacial score (nSPS) is 14.0. The number of halogens is 2. The van der Waals surface area contributed by atoms with Crippen molar-refractivity contribution < 1.29 is 29.0 Å². The van der Waals surface area contributed by atoms with Crippen molar-refractivity contribution in [3.8, 4) is 6.01 Å². The number of benzene rings is 1. The van der Waals surface area contributed by atoms with E-state index in [9.17, 15) is 19.5 Å². The maximum Gasteiger partial charge on any atom is 0.410 e. The van der Waals surface area contributed by atoms with Gasteiger partial charge in [0.05, 0.1) is 22.7 Å². The first kappa shape index (κ1) is 32.5. The molecule has 0 spiro atoms. The third-order valence-electron chi connectivity index (χ3n) is 6.33. The van der Waals surface area contributed by atoms with Gasteiger partial charge < -0.3 is 35.0 Å². The fourth-order valence-electron chi connectivity index (χ4n) is 4.20. The van der Waals surface area contributed by atoms with Crippen molar-refractivity contribution in [2.45, 2.75) is 38.8 Å². The molecule has 3 aromatic rings. The molecule has 2 amide bonds. The lowest BCUT2D eigenvalue weighted by atomic mass is 10.1. The average Bonchev–Trinajstić information content (AvgIpc) is 2.96. The zero-order chi connectivity index (χ0) is 32.0. The molecule has 0 radical (unpaired) electrons. The molecule has 1 aromatic carbocycles. The molecular weight excluding hydrogens is 615 g/mol. The molecule has 3 N–H and O–H groups in total. The summed E-state index contributed by atoms with van der Waals surface area (Å²) in [5, 5.41) is 15.7. The van der Waals surface area contributed by atoms with Gasteiger partial charge in [-0.15, -0.1) is 0 Å². The molecule has 1 fully saturated rings. The van der Waals surface area contributed by atoms with Crippen molar-refractivity contribution >= 4 is 58.8 Å². The monoisotopic (exact) mass is 646 g/mol. The summed E-state index contributed by atoms with van der Waals surface area (Å²) in [6.07, 6.45) is 2.32. The molecule has 0 saturated carbocycles. The van der Waals surface area contributed by atoms with Crippen LogP contribution in [-0.2, 0) is 16.0 Å². The lowest BCUT2D eigenvalue weighted by Gasteiger charge is -2.35. The molecule has 0 aliphatic carbocycles. The van der Waals surface area contributed by atoms with E-state index < -0.39 is 29.6 Å². The molecule has 1 aliphatic rings. The fourth-order valence-corrected chi connectivity index (χ4v) is 4.73. The summed E-state index contributed by atoms with van der Waals surface area (Å²) in [5.74, 6) is -1.34. The van der Waals surface area contributed by atoms with Crippen molar-refractivity contribution in [2.75, 3.05) is 48.8 Å². The van der Waals surface area contributed by atoms with E-state index in [1.54, 1.807) is 29.2 Å². The van der Waals surface area contributed by atoms with Crippen LogP contribution in [0, 0.1) is 0 Å². The van der Waals surface area contributed by atoms with Gasteiger partial charge in [-0.3, -0.25) is 9.78 Å². The quantitative estimate of drug-likeness (QED) is 0.305. The number of anilines is 3. The fraction of sp³-hybridized carbons (Fsp3) is 0.393. The number of hydrogen-bond donors (Lipinski definition) is 3. The van der Waals surface area contributed by atoms with Crippen LogP contribution < -0.4 is 20.3 Å². The maximum absolute atomic E-state index is 12.6. The van der Waals surface area contributed by atoms with Crippen molar-refractivity contribution in [1.82, 2.24) is 24.8 Å². The lowest BCUT2D eigenvalue weighted by molar-refractivity contribution is -0.137. The van der Waals surface area contributed by atoms with Crippen molar-refractivity contribution in [1.29, 1.82) is 0 Å². The number of nitrogens with zero attached hydrogens (tertiary/aromatic N) is 6. The molecule has 0 bridgehead atoms. The molecule has 44 heavy (non-hydrogen) atoms. The number of carboxylic acid groups (broad SMARTS) is 1. The van der Waals surface area contributed by atoms with Crippen LogP contribution in [0.4, 0.5) is 22.4 Å². The van der Waals surface area contributed by atoms with E-state index in [0.717, 1.165) is 0 Å². The van der Waals surface area contributed by atoms with E-state index in [2.05, 4.69) is 30.6 Å². The van der Waals surface area contributed by atoms with Gasteiger partial charge in [-0.1, -0.05) is 35.3 Å². The number of hydrogen-bond acceptors (Lipinski definition) is 11. The number of rotatable bonds is 9. The van der Waals surface area contributed by atoms with Crippen LogP contribution in [0.25, 0.3) is 0 Å². The van der Waals surface area contributed by atoms with Gasteiger partial charge in [-0.25, -0.2) is 9.59 Å². The second kappa shape index (κ2) is 13.9. The van der Waals surface area contributed by atoms with Crippen LogP contribution in [0.1, 0.15) is 36.7 Å². The predicted molar refractivity (Wildman–Crippen MR) is 164 cm³/mol. The van der Waals surface area contributed by atoms with E-state index in [1.165, 1.54) is 19.5 Å². The number of aliphatic carboxylic acids is 1. The van der Waals surface area contributed by atoms with Gasteiger partial charge in [0.25, 0.3) is 5.91 Å². The standard InChI is InChI=1S/C28H32Cl2N8O6/c1-28(2,3)44-27(42)38-11-9-37(10-12-38)25-34-24(35-26(36-25)43-4)33-20(23(40)41)13-16-5-7-17(8-6-16)32-22(39)21-18(29)14-31-15-19(21)30/h5-8,14-15,20H,9-13H2,1-4H3,(H,32,39)(H,40,41)(H,33,34,35,36)/t20-/m0/s1. The third kappa shape index (κ3) is 8.57. The number of carbonyl (C=O) groups is 3. The zero-order valence-corrected chi connectivity index (χ0v) is 26.0. The van der Waals surface area contributed by atoms with Gasteiger partial charge in [0.15, 0.2) is 0 Å². The van der Waals surface area contributed by atoms with E-state index in [4.69, 9.17) is 32.7 Å². The number of pyridine rings is 1. The smallest absolute Gasteiger partial charge is 0.410 e. The zero-order valence-electron chi connectivity index (χ0n) is 24.5. The summed E-state index contributed by atoms with van der Waals surface area (Å²) >= 11 is 12.1. The summed E-state index contributed by atoms with van der Waals surface area (Å²) in [6, 6.07) is 5.55. The Kier molecular flexibility index (Phi) is 10.3. The minimum Gasteiger partial charge on any atom is -0.480 e. The summed E-state index contributed by atoms with van der Waals surface area (Å²) in [4.78, 5) is 57.5. The highest BCUT2D eigenvalue weighted by molar-refractivity contribution is 6.40. The molecule has 234 valence electrons. The predicted octanol–water partition coefficient (Wildman–Crippen LogP) is 4.00. The van der Waals surface area contributed by atoms with Gasteiger partial charge in [0.1, 0.15) is 11.6 Å². The van der Waals surface area contributed by atoms with Crippen molar-refractivity contribution in [2.24, 2.45) is 0 Å². The number of aromatic nitrogens is 4. The molecule has 4 rings (SSSR count). The van der Waals surface area contributed by atoms with Crippen molar-refractivity contribution in [3.05, 3.63) is 57.8 Å². The number of ether oxygens (including phenoxy) is 2. The van der Waals surface area contributed by atoms with Gasteiger partial charge in [0.2, 0.25) is 11.9 Å². The van der Waals surface area contributed by atoms with E-state index in [0.29, 0.717) is 37.4 Å². The SMILES string of the molecule is COc1nc(N[C@@H](Cc2ccc(NC(=O)c3c(Cl)cncc3Cl)cc2)C(=O)O)nc(N2CCN(C(=O)OC(C)(C)C)CC2)n1. The molecule has 2 aromatic heterocycles. The van der Waals surface area contributed by atoms with Gasteiger partial charge in [-0.05, 0) is 38.5 Å². The average molecular weight is 648 g/mol. The summed E-state index contributed by atoms with van der Waals surface area (Å²) in [5.41, 5.74) is 0.627. The second-order valence-electron chi connectivity index (χ2n) is 10.8. The number of carboxylic acids is 1. The number of carbonyl (C=O) groups excluding carboxylic acids is 2. The molecule has 16 heteroatoms. The molecular formula is C28H32Cl2N8O6. The third-order valence-corrected chi connectivity index (χ3v) is 6.91. The summed E-state index contributed by atoms with van der Waals surface area (Å²) < 4.78 is 10.7. The van der Waals surface area contributed by atoms with Crippen LogP contribution in [-0.4, -0.2) is 92.8 Å². The number of amides is 2. The van der Waals surface area contributed by atoms with Crippen LogP contribution in [0.2, 0.25) is 10.0 Å². The minimum absolute atomic E-state index is 0.00529. The Hall–Kier alpha value is -4.43. The number of nitrogens with one attached hydrogen (secondary N) is 2. The Bertz CT molecular complexity index is 1490. The first-order valence-electron chi connectivity index (χ1n) is 13.5. The lowest BCUT2D eigenvalue weighted by Crippen LogP contribution is -2.50. The van der Waals surface area contributed by atoms with Gasteiger partial charge >= 0.3 is 18.1 Å². The second-order valence-corrected chi connectivity index (χ2v) is 11.6. The number of piperazine rings is 1. The Balaban J connectivity index is 1.41. The Morgan fingerprint density at radius 1 is 1.00 bits per heavy atom. The molecule has 1 saturated heterocycles. The molecule has 3 heterocycles. The molecule has 14 nitrogen and oxygen atoms in total. The van der Waals surface area contributed by atoms with E-state index in [-0.39, 0.29) is 39.9 Å². The van der Waals surface area contributed by atoms with Crippen LogP contribution in [0.3, 0.4) is 0 Å². The highest BCUT2D eigenvalue weighted by Crippen LogP contribution is 2.25. The van der Waals surface area contributed by atoms with Crippen LogP contribution in [0.15, 0.2) is 36.7 Å². The largest absolute Gasteiger partial charge is 0.480 e. The Labute approximate surface area is 263 Å². The Morgan fingerprint density at radius 2 is 1.64 bits per heavy atom.